The Bertz CT molecular complexity index is 546. The zero-order valence-corrected chi connectivity index (χ0v) is 11.3. The second-order valence-corrected chi connectivity index (χ2v) is 4.47. The third-order valence-corrected chi connectivity index (χ3v) is 3.28. The molecule has 0 N–H and O–H groups in total. The molecule has 0 amide bonds. The van der Waals surface area contributed by atoms with Gasteiger partial charge in [0.25, 0.3) is 0 Å². The van der Waals surface area contributed by atoms with Crippen molar-refractivity contribution in [2.45, 2.75) is 19.3 Å². The largest absolute Gasteiger partial charge is 0.497 e. The van der Waals surface area contributed by atoms with E-state index in [9.17, 15) is 4.79 Å². The number of carbonyl (C=O) groups is 1. The van der Waals surface area contributed by atoms with Crippen molar-refractivity contribution in [1.29, 1.82) is 0 Å². The molecule has 0 spiro atoms. The Balaban J connectivity index is 2.31. The molecule has 2 aromatic rings. The molecule has 1 atom stereocenters. The molecule has 0 aliphatic heterocycles. The van der Waals surface area contributed by atoms with Gasteiger partial charge in [-0.1, -0.05) is 49.4 Å². The first kappa shape index (κ1) is 13.3. The summed E-state index contributed by atoms with van der Waals surface area (Å²) in [6.07, 6.45) is 0.779. The lowest BCUT2D eigenvalue weighted by atomic mass is 9.88. The van der Waals surface area contributed by atoms with Crippen LogP contribution < -0.4 is 4.74 Å². The van der Waals surface area contributed by atoms with Crippen molar-refractivity contribution in [1.82, 2.24) is 0 Å². The molecule has 0 aliphatic carbocycles. The number of methoxy groups -OCH3 is 1. The first-order valence-electron chi connectivity index (χ1n) is 6.49. The van der Waals surface area contributed by atoms with E-state index in [0.717, 1.165) is 23.3 Å². The van der Waals surface area contributed by atoms with Gasteiger partial charge in [0, 0.05) is 11.5 Å². The fourth-order valence-electron chi connectivity index (χ4n) is 2.23. The first-order chi connectivity index (χ1) is 9.26. The van der Waals surface area contributed by atoms with Crippen LogP contribution in [0.25, 0.3) is 0 Å². The molecule has 2 rings (SSSR count). The number of ether oxygens (including phenoxy) is 1. The quantitative estimate of drug-likeness (QED) is 0.752. The normalized spacial score (nSPS) is 11.9. The van der Waals surface area contributed by atoms with Crippen molar-refractivity contribution >= 4 is 5.78 Å². The highest BCUT2D eigenvalue weighted by molar-refractivity contribution is 6.00. The summed E-state index contributed by atoms with van der Waals surface area (Å²) in [7, 11) is 1.64. The Kier molecular flexibility index (Phi) is 4.35. The minimum atomic E-state index is -0.113. The molecule has 0 aromatic heterocycles. The van der Waals surface area contributed by atoms with E-state index in [4.69, 9.17) is 4.74 Å². The van der Waals surface area contributed by atoms with Crippen LogP contribution in [0.2, 0.25) is 0 Å². The summed E-state index contributed by atoms with van der Waals surface area (Å²) in [5, 5.41) is 0. The average molecular weight is 254 g/mol. The van der Waals surface area contributed by atoms with E-state index in [1.165, 1.54) is 0 Å². The van der Waals surface area contributed by atoms with Gasteiger partial charge >= 0.3 is 0 Å². The van der Waals surface area contributed by atoms with Crippen molar-refractivity contribution in [2.24, 2.45) is 0 Å². The van der Waals surface area contributed by atoms with Crippen LogP contribution >= 0.6 is 0 Å². The van der Waals surface area contributed by atoms with Gasteiger partial charge in [0.15, 0.2) is 5.78 Å². The van der Waals surface area contributed by atoms with Gasteiger partial charge in [-0.15, -0.1) is 0 Å². The standard InChI is InChI=1S/C17H18O2/c1-3-16(14-10-7-11-15(12-14)19-2)17(18)13-8-5-4-6-9-13/h4-12,16H,3H2,1-2H3/t16-/m1/s1. The molecule has 0 unspecified atom stereocenters. The van der Waals surface area contributed by atoms with Gasteiger partial charge in [-0.2, -0.15) is 0 Å². The smallest absolute Gasteiger partial charge is 0.170 e. The van der Waals surface area contributed by atoms with Crippen molar-refractivity contribution in [2.75, 3.05) is 7.11 Å². The topological polar surface area (TPSA) is 26.3 Å². The van der Waals surface area contributed by atoms with Gasteiger partial charge in [0.05, 0.1) is 7.11 Å². The van der Waals surface area contributed by atoms with E-state index in [2.05, 4.69) is 0 Å². The second-order valence-electron chi connectivity index (χ2n) is 4.47. The number of carbonyl (C=O) groups excluding carboxylic acids is 1. The SMILES string of the molecule is CC[C@@H](C(=O)c1ccccc1)c1cccc(OC)c1. The van der Waals surface area contributed by atoms with Crippen molar-refractivity contribution in [3.05, 3.63) is 65.7 Å². The van der Waals surface area contributed by atoms with Crippen LogP contribution in [0, 0.1) is 0 Å². The number of hydrogen-bond acceptors (Lipinski definition) is 2. The molecular formula is C17H18O2. The number of benzene rings is 2. The molecule has 19 heavy (non-hydrogen) atoms. The predicted molar refractivity (Wildman–Crippen MR) is 76.8 cm³/mol. The molecule has 0 saturated carbocycles. The maximum absolute atomic E-state index is 12.5. The molecular weight excluding hydrogens is 236 g/mol. The summed E-state index contributed by atoms with van der Waals surface area (Å²) in [6, 6.07) is 17.2. The monoisotopic (exact) mass is 254 g/mol. The Morgan fingerprint density at radius 2 is 1.84 bits per heavy atom. The molecule has 2 heteroatoms. The lowest BCUT2D eigenvalue weighted by Crippen LogP contribution is -2.12. The lowest BCUT2D eigenvalue weighted by molar-refractivity contribution is 0.0957. The molecule has 0 bridgehead atoms. The third-order valence-electron chi connectivity index (χ3n) is 3.28. The van der Waals surface area contributed by atoms with Crippen molar-refractivity contribution in [3.63, 3.8) is 0 Å². The second kappa shape index (κ2) is 6.19. The van der Waals surface area contributed by atoms with Gasteiger partial charge in [-0.05, 0) is 24.1 Å². The zero-order chi connectivity index (χ0) is 13.7. The number of hydrogen-bond donors (Lipinski definition) is 0. The molecule has 0 saturated heterocycles. The van der Waals surface area contributed by atoms with E-state index >= 15 is 0 Å². The fraction of sp³-hybridized carbons (Fsp3) is 0.235. The number of rotatable bonds is 5. The Hall–Kier alpha value is -2.09. The summed E-state index contributed by atoms with van der Waals surface area (Å²) in [5.74, 6) is 0.839. The highest BCUT2D eigenvalue weighted by atomic mass is 16.5. The Morgan fingerprint density at radius 3 is 2.47 bits per heavy atom. The summed E-state index contributed by atoms with van der Waals surface area (Å²) in [4.78, 5) is 12.5. The average Bonchev–Trinajstić information content (AvgIpc) is 2.49. The lowest BCUT2D eigenvalue weighted by Gasteiger charge is -2.15. The molecule has 0 radical (unpaired) electrons. The maximum Gasteiger partial charge on any atom is 0.170 e. The minimum Gasteiger partial charge on any atom is -0.497 e. The van der Waals surface area contributed by atoms with Gasteiger partial charge in [0.2, 0.25) is 0 Å². The van der Waals surface area contributed by atoms with Crippen molar-refractivity contribution in [3.8, 4) is 5.75 Å². The van der Waals surface area contributed by atoms with Crippen LogP contribution in [-0.2, 0) is 0 Å². The van der Waals surface area contributed by atoms with Gasteiger partial charge in [-0.25, -0.2) is 0 Å². The van der Waals surface area contributed by atoms with Gasteiger partial charge in [-0.3, -0.25) is 4.79 Å². The molecule has 98 valence electrons. The molecule has 0 fully saturated rings. The highest BCUT2D eigenvalue weighted by Crippen LogP contribution is 2.26. The van der Waals surface area contributed by atoms with Crippen LogP contribution in [0.1, 0.15) is 35.2 Å². The van der Waals surface area contributed by atoms with Gasteiger partial charge in [0.1, 0.15) is 5.75 Å². The predicted octanol–water partition coefficient (Wildman–Crippen LogP) is 4.07. The third kappa shape index (κ3) is 3.02. The molecule has 0 heterocycles. The van der Waals surface area contributed by atoms with E-state index < -0.39 is 0 Å². The first-order valence-corrected chi connectivity index (χ1v) is 6.49. The summed E-state index contributed by atoms with van der Waals surface area (Å²) >= 11 is 0. The molecule has 0 aliphatic rings. The van der Waals surface area contributed by atoms with Crippen LogP contribution in [0.15, 0.2) is 54.6 Å². The maximum atomic E-state index is 12.5. The molecule has 2 nitrogen and oxygen atoms in total. The zero-order valence-electron chi connectivity index (χ0n) is 11.3. The van der Waals surface area contributed by atoms with Crippen LogP contribution in [-0.4, -0.2) is 12.9 Å². The van der Waals surface area contributed by atoms with E-state index in [1.807, 2.05) is 61.5 Å². The minimum absolute atomic E-state index is 0.113. The molecule has 2 aromatic carbocycles. The van der Waals surface area contributed by atoms with E-state index in [-0.39, 0.29) is 11.7 Å². The van der Waals surface area contributed by atoms with E-state index in [1.54, 1.807) is 7.11 Å². The fourth-order valence-corrected chi connectivity index (χ4v) is 2.23. The number of ketones is 1. The van der Waals surface area contributed by atoms with Crippen LogP contribution in [0.4, 0.5) is 0 Å². The van der Waals surface area contributed by atoms with Crippen molar-refractivity contribution < 1.29 is 9.53 Å². The summed E-state index contributed by atoms with van der Waals surface area (Å²) < 4.78 is 5.22. The Labute approximate surface area is 114 Å². The summed E-state index contributed by atoms with van der Waals surface area (Å²) in [6.45, 7) is 2.03. The van der Waals surface area contributed by atoms with Crippen LogP contribution in [0.5, 0.6) is 5.75 Å². The van der Waals surface area contributed by atoms with E-state index in [0.29, 0.717) is 0 Å². The summed E-state index contributed by atoms with van der Waals surface area (Å²) in [5.41, 5.74) is 1.77. The highest BCUT2D eigenvalue weighted by Gasteiger charge is 2.20. The van der Waals surface area contributed by atoms with Gasteiger partial charge < -0.3 is 4.74 Å². The Morgan fingerprint density at radius 1 is 1.11 bits per heavy atom. The van der Waals surface area contributed by atoms with Crippen LogP contribution in [0.3, 0.4) is 0 Å². The number of Topliss-reactive ketones (excluding diaryl/α,β-unsaturated/α-hetero) is 1.